The predicted octanol–water partition coefficient (Wildman–Crippen LogP) is 2.26. The quantitative estimate of drug-likeness (QED) is 0.784. The van der Waals surface area contributed by atoms with Gasteiger partial charge in [0.15, 0.2) is 5.69 Å². The lowest BCUT2D eigenvalue weighted by atomic mass is 10.1. The van der Waals surface area contributed by atoms with Crippen molar-refractivity contribution >= 4 is 17.2 Å². The van der Waals surface area contributed by atoms with E-state index in [1.165, 1.54) is 0 Å². The van der Waals surface area contributed by atoms with Gasteiger partial charge in [0.2, 0.25) is 0 Å². The van der Waals surface area contributed by atoms with E-state index in [1.54, 1.807) is 30.5 Å². The Balaban J connectivity index is 1.72. The molecule has 6 nitrogen and oxygen atoms in total. The first-order chi connectivity index (χ1) is 10.2. The fourth-order valence-electron chi connectivity index (χ4n) is 2.05. The van der Waals surface area contributed by atoms with Gasteiger partial charge in [-0.25, -0.2) is 0 Å². The Bertz CT molecular complexity index is 669. The number of aryl methyl sites for hydroxylation is 1. The highest BCUT2D eigenvalue weighted by Crippen LogP contribution is 2.19. The Morgan fingerprint density at radius 3 is 3.10 bits per heavy atom. The monoisotopic (exact) mass is 302 g/mol. The molecule has 3 rings (SSSR count). The van der Waals surface area contributed by atoms with Crippen molar-refractivity contribution in [1.82, 2.24) is 20.3 Å². The molecule has 3 heterocycles. The maximum Gasteiger partial charge on any atom is 0.273 e. The van der Waals surface area contributed by atoms with E-state index in [1.807, 2.05) is 28.4 Å². The molecule has 7 heteroatoms. The number of nitrogens with zero attached hydrogens (tertiary/aromatic N) is 3. The smallest absolute Gasteiger partial charge is 0.273 e. The molecule has 1 N–H and O–H groups in total. The molecule has 0 radical (unpaired) electrons. The lowest BCUT2D eigenvalue weighted by Gasteiger charge is -2.17. The van der Waals surface area contributed by atoms with E-state index in [4.69, 9.17) is 4.52 Å². The van der Waals surface area contributed by atoms with Crippen molar-refractivity contribution in [2.45, 2.75) is 13.0 Å². The molecule has 0 saturated heterocycles. The summed E-state index contributed by atoms with van der Waals surface area (Å²) in [6.45, 7) is 2.19. The fourth-order valence-corrected chi connectivity index (χ4v) is 2.75. The minimum Gasteiger partial charge on any atom is -0.361 e. The second kappa shape index (κ2) is 5.92. The molecule has 0 aliphatic heterocycles. The molecule has 0 saturated carbocycles. The fraction of sp³-hybridized carbons (Fsp3) is 0.214. The van der Waals surface area contributed by atoms with Crippen LogP contribution < -0.4 is 5.32 Å². The summed E-state index contributed by atoms with van der Waals surface area (Å²) in [5.41, 5.74) is 1.40. The van der Waals surface area contributed by atoms with Gasteiger partial charge in [-0.15, -0.1) is 0 Å². The van der Waals surface area contributed by atoms with Gasteiger partial charge in [0.05, 0.1) is 6.04 Å². The Morgan fingerprint density at radius 1 is 1.57 bits per heavy atom. The predicted molar refractivity (Wildman–Crippen MR) is 78.3 cm³/mol. The van der Waals surface area contributed by atoms with E-state index in [9.17, 15) is 4.79 Å². The van der Waals surface area contributed by atoms with Crippen LogP contribution in [0.2, 0.25) is 0 Å². The molecule has 0 aliphatic rings. The Hall–Kier alpha value is -2.41. The molecule has 3 aromatic rings. The number of nitrogens with one attached hydrogen (secondary N) is 1. The zero-order valence-corrected chi connectivity index (χ0v) is 12.2. The lowest BCUT2D eigenvalue weighted by Crippen LogP contribution is -2.31. The van der Waals surface area contributed by atoms with Crippen molar-refractivity contribution in [3.8, 4) is 0 Å². The summed E-state index contributed by atoms with van der Waals surface area (Å²) in [4.78, 5) is 12.0. The zero-order chi connectivity index (χ0) is 14.7. The van der Waals surface area contributed by atoms with Gasteiger partial charge in [0.1, 0.15) is 5.76 Å². The van der Waals surface area contributed by atoms with Crippen molar-refractivity contribution in [1.29, 1.82) is 0 Å². The third-order valence-corrected chi connectivity index (χ3v) is 3.79. The van der Waals surface area contributed by atoms with Gasteiger partial charge in [0, 0.05) is 25.0 Å². The zero-order valence-electron chi connectivity index (χ0n) is 11.4. The molecular formula is C14H14N4O2S. The summed E-state index contributed by atoms with van der Waals surface area (Å²) in [5.74, 6) is 0.362. The highest BCUT2D eigenvalue weighted by molar-refractivity contribution is 7.07. The summed E-state index contributed by atoms with van der Waals surface area (Å²) in [6.07, 6.45) is 3.61. The van der Waals surface area contributed by atoms with Crippen molar-refractivity contribution in [3.05, 3.63) is 58.4 Å². The molecule has 0 fully saturated rings. The molecular weight excluding hydrogens is 288 g/mol. The molecule has 0 aliphatic carbocycles. The Labute approximate surface area is 125 Å². The summed E-state index contributed by atoms with van der Waals surface area (Å²) in [6, 6.07) is 5.47. The van der Waals surface area contributed by atoms with E-state index < -0.39 is 0 Å². The third-order valence-electron chi connectivity index (χ3n) is 3.09. The van der Waals surface area contributed by atoms with E-state index in [0.29, 0.717) is 12.3 Å². The topological polar surface area (TPSA) is 73.0 Å². The van der Waals surface area contributed by atoms with Crippen LogP contribution in [-0.4, -0.2) is 27.4 Å². The van der Waals surface area contributed by atoms with Gasteiger partial charge in [-0.1, -0.05) is 5.16 Å². The first kappa shape index (κ1) is 13.6. The molecule has 21 heavy (non-hydrogen) atoms. The van der Waals surface area contributed by atoms with Gasteiger partial charge in [-0.05, 0) is 35.4 Å². The molecule has 1 amide bonds. The SMILES string of the molecule is Cc1cc(C(=O)NC[C@@H](c2ccsc2)n2cccn2)no1. The minimum atomic E-state index is -0.251. The van der Waals surface area contributed by atoms with Crippen LogP contribution in [0.25, 0.3) is 0 Å². The summed E-state index contributed by atoms with van der Waals surface area (Å²) < 4.78 is 6.74. The van der Waals surface area contributed by atoms with Crippen LogP contribution in [0.1, 0.15) is 27.9 Å². The van der Waals surface area contributed by atoms with E-state index >= 15 is 0 Å². The van der Waals surface area contributed by atoms with Gasteiger partial charge in [-0.2, -0.15) is 16.4 Å². The highest BCUT2D eigenvalue weighted by Gasteiger charge is 2.17. The maximum absolute atomic E-state index is 12.0. The lowest BCUT2D eigenvalue weighted by molar-refractivity contribution is 0.0940. The van der Waals surface area contributed by atoms with Crippen LogP contribution in [-0.2, 0) is 0 Å². The van der Waals surface area contributed by atoms with E-state index in [0.717, 1.165) is 5.56 Å². The Morgan fingerprint density at radius 2 is 2.48 bits per heavy atom. The van der Waals surface area contributed by atoms with Crippen LogP contribution in [0.4, 0.5) is 0 Å². The molecule has 108 valence electrons. The first-order valence-corrected chi connectivity index (χ1v) is 7.41. The summed E-state index contributed by atoms with van der Waals surface area (Å²) in [7, 11) is 0. The van der Waals surface area contributed by atoms with Crippen LogP contribution in [0.3, 0.4) is 0 Å². The number of carbonyl (C=O) groups is 1. The number of thiophene rings is 1. The molecule has 1 atom stereocenters. The number of hydrogen-bond donors (Lipinski definition) is 1. The van der Waals surface area contributed by atoms with E-state index in [2.05, 4.69) is 21.0 Å². The largest absolute Gasteiger partial charge is 0.361 e. The molecule has 3 aromatic heterocycles. The molecule has 0 unspecified atom stereocenters. The van der Waals surface area contributed by atoms with Crippen LogP contribution >= 0.6 is 11.3 Å². The first-order valence-electron chi connectivity index (χ1n) is 6.47. The van der Waals surface area contributed by atoms with E-state index in [-0.39, 0.29) is 17.6 Å². The second-order valence-corrected chi connectivity index (χ2v) is 5.37. The summed E-state index contributed by atoms with van der Waals surface area (Å²) >= 11 is 1.62. The number of rotatable bonds is 5. The number of carbonyl (C=O) groups excluding carboxylic acids is 1. The number of amides is 1. The van der Waals surface area contributed by atoms with Gasteiger partial charge in [-0.3, -0.25) is 9.48 Å². The van der Waals surface area contributed by atoms with Gasteiger partial charge >= 0.3 is 0 Å². The van der Waals surface area contributed by atoms with Crippen LogP contribution in [0.15, 0.2) is 45.9 Å². The average molecular weight is 302 g/mol. The third kappa shape index (κ3) is 3.03. The molecule has 0 bridgehead atoms. The van der Waals surface area contributed by atoms with Crippen LogP contribution in [0, 0.1) is 6.92 Å². The molecule has 0 spiro atoms. The normalized spacial score (nSPS) is 12.2. The van der Waals surface area contributed by atoms with Crippen molar-refractivity contribution < 1.29 is 9.32 Å². The van der Waals surface area contributed by atoms with Gasteiger partial charge < -0.3 is 9.84 Å². The van der Waals surface area contributed by atoms with Gasteiger partial charge in [0.25, 0.3) is 5.91 Å². The number of hydrogen-bond acceptors (Lipinski definition) is 5. The minimum absolute atomic E-state index is 0.0387. The van der Waals surface area contributed by atoms with Crippen molar-refractivity contribution in [2.75, 3.05) is 6.54 Å². The molecule has 0 aromatic carbocycles. The highest BCUT2D eigenvalue weighted by atomic mass is 32.1. The average Bonchev–Trinajstić information content (AvgIpc) is 3.21. The van der Waals surface area contributed by atoms with Crippen molar-refractivity contribution in [2.24, 2.45) is 0 Å². The van der Waals surface area contributed by atoms with Crippen molar-refractivity contribution in [3.63, 3.8) is 0 Å². The standard InChI is InChI=1S/C14H14N4O2S/c1-10-7-12(17-20-10)14(19)15-8-13(11-3-6-21-9-11)18-5-2-4-16-18/h2-7,9,13H,8H2,1H3,(H,15,19)/t13-/m0/s1. The van der Waals surface area contributed by atoms with Crippen LogP contribution in [0.5, 0.6) is 0 Å². The Kier molecular flexibility index (Phi) is 3.83. The maximum atomic E-state index is 12.0. The summed E-state index contributed by atoms with van der Waals surface area (Å²) in [5, 5.41) is 14.9. The second-order valence-electron chi connectivity index (χ2n) is 4.59. The number of aromatic nitrogens is 3.